The lowest BCUT2D eigenvalue weighted by Crippen LogP contribution is -2.03. The fraction of sp³-hybridized carbons (Fsp3) is 0. The van der Waals surface area contributed by atoms with Crippen LogP contribution < -0.4 is 5.56 Å². The highest BCUT2D eigenvalue weighted by Crippen LogP contribution is 2.03. The molecule has 0 spiro atoms. The molecular weight excluding hydrogens is 130 g/mol. The van der Waals surface area contributed by atoms with E-state index in [4.69, 9.17) is 5.11 Å². The molecule has 52 valence electrons. The van der Waals surface area contributed by atoms with Crippen LogP contribution in [0.15, 0.2) is 23.6 Å². The molecule has 1 rings (SSSR count). The predicted molar refractivity (Wildman–Crippen MR) is 38.8 cm³/mol. The zero-order chi connectivity index (χ0) is 7.56. The van der Waals surface area contributed by atoms with E-state index in [0.29, 0.717) is 5.56 Å². The third kappa shape index (κ3) is 1.07. The molecule has 0 saturated heterocycles. The molecule has 0 saturated carbocycles. The maximum Gasteiger partial charge on any atom is 0.290 e. The summed E-state index contributed by atoms with van der Waals surface area (Å²) in [6.07, 6.45) is 3.02. The molecule has 0 aliphatic heterocycles. The molecule has 0 fully saturated rings. The number of hydrogen-bond acceptors (Lipinski definition) is 2. The summed E-state index contributed by atoms with van der Waals surface area (Å²) in [4.78, 5) is 12.9. The second-order valence-electron chi connectivity index (χ2n) is 1.85. The van der Waals surface area contributed by atoms with Crippen molar-refractivity contribution in [3.8, 4) is 5.75 Å². The maximum absolute atomic E-state index is 10.5. The Morgan fingerprint density at radius 3 is 2.90 bits per heavy atom. The summed E-state index contributed by atoms with van der Waals surface area (Å²) < 4.78 is 0. The SMILES string of the molecule is C=Cc1c[nH]c(=O)c(O)c1. The molecule has 3 nitrogen and oxygen atoms in total. The summed E-state index contributed by atoms with van der Waals surface area (Å²) in [6.45, 7) is 3.47. The molecule has 0 unspecified atom stereocenters. The molecule has 0 aliphatic carbocycles. The fourth-order valence-corrected chi connectivity index (χ4v) is 0.606. The lowest BCUT2D eigenvalue weighted by Gasteiger charge is -1.91. The second-order valence-corrected chi connectivity index (χ2v) is 1.85. The van der Waals surface area contributed by atoms with Gasteiger partial charge in [-0.05, 0) is 11.6 Å². The third-order valence-corrected chi connectivity index (χ3v) is 1.14. The van der Waals surface area contributed by atoms with Gasteiger partial charge in [-0.1, -0.05) is 12.7 Å². The highest BCUT2D eigenvalue weighted by Gasteiger charge is 1.93. The van der Waals surface area contributed by atoms with E-state index in [-0.39, 0.29) is 5.75 Å². The van der Waals surface area contributed by atoms with Gasteiger partial charge in [-0.25, -0.2) is 0 Å². The number of aromatic nitrogens is 1. The predicted octanol–water partition coefficient (Wildman–Crippen LogP) is 0.724. The van der Waals surface area contributed by atoms with E-state index < -0.39 is 5.56 Å². The number of rotatable bonds is 1. The van der Waals surface area contributed by atoms with Crippen molar-refractivity contribution in [3.63, 3.8) is 0 Å². The van der Waals surface area contributed by atoms with Crippen molar-refractivity contribution in [3.05, 3.63) is 34.8 Å². The van der Waals surface area contributed by atoms with Gasteiger partial charge in [-0.2, -0.15) is 0 Å². The number of H-pyrrole nitrogens is 1. The van der Waals surface area contributed by atoms with Crippen LogP contribution >= 0.6 is 0 Å². The van der Waals surface area contributed by atoms with Crippen molar-refractivity contribution in [1.82, 2.24) is 4.98 Å². The molecule has 1 heterocycles. The standard InChI is InChI=1S/C7H7NO2/c1-2-5-3-6(9)7(10)8-4-5/h2-4,9H,1H2,(H,8,10). The monoisotopic (exact) mass is 137 g/mol. The highest BCUT2D eigenvalue weighted by atomic mass is 16.3. The summed E-state index contributed by atoms with van der Waals surface area (Å²) in [7, 11) is 0. The van der Waals surface area contributed by atoms with Gasteiger partial charge < -0.3 is 10.1 Å². The van der Waals surface area contributed by atoms with Gasteiger partial charge in [0.2, 0.25) is 0 Å². The van der Waals surface area contributed by atoms with Crippen LogP contribution in [0.5, 0.6) is 5.75 Å². The number of pyridine rings is 1. The van der Waals surface area contributed by atoms with Gasteiger partial charge in [0.15, 0.2) is 5.75 Å². The topological polar surface area (TPSA) is 53.1 Å². The van der Waals surface area contributed by atoms with E-state index >= 15 is 0 Å². The Morgan fingerprint density at radius 2 is 2.40 bits per heavy atom. The largest absolute Gasteiger partial charge is 0.503 e. The highest BCUT2D eigenvalue weighted by molar-refractivity contribution is 5.47. The van der Waals surface area contributed by atoms with E-state index in [1.165, 1.54) is 18.3 Å². The Kier molecular flexibility index (Phi) is 1.58. The van der Waals surface area contributed by atoms with Gasteiger partial charge in [0, 0.05) is 6.20 Å². The smallest absolute Gasteiger partial charge is 0.290 e. The average Bonchev–Trinajstić information content (AvgIpc) is 1.95. The molecule has 1 aromatic heterocycles. The van der Waals surface area contributed by atoms with Crippen LogP contribution in [-0.2, 0) is 0 Å². The van der Waals surface area contributed by atoms with Crippen LogP contribution in [-0.4, -0.2) is 10.1 Å². The Hall–Kier alpha value is -1.51. The third-order valence-electron chi connectivity index (χ3n) is 1.14. The molecule has 0 aromatic carbocycles. The minimum Gasteiger partial charge on any atom is -0.503 e. The van der Waals surface area contributed by atoms with Gasteiger partial charge in [0.1, 0.15) is 0 Å². The van der Waals surface area contributed by atoms with E-state index in [1.54, 1.807) is 0 Å². The number of aromatic hydroxyl groups is 1. The van der Waals surface area contributed by atoms with Gasteiger partial charge in [-0.15, -0.1) is 0 Å². The Bertz CT molecular complexity index is 301. The molecule has 10 heavy (non-hydrogen) atoms. The van der Waals surface area contributed by atoms with Crippen molar-refractivity contribution < 1.29 is 5.11 Å². The summed E-state index contributed by atoms with van der Waals surface area (Å²) in [5.41, 5.74) is 0.211. The number of hydrogen-bond donors (Lipinski definition) is 2. The Labute approximate surface area is 57.6 Å². The van der Waals surface area contributed by atoms with E-state index in [2.05, 4.69) is 11.6 Å². The molecule has 2 N–H and O–H groups in total. The zero-order valence-electron chi connectivity index (χ0n) is 5.29. The summed E-state index contributed by atoms with van der Waals surface area (Å²) in [6, 6.07) is 1.35. The molecule has 0 amide bonds. The first-order valence-corrected chi connectivity index (χ1v) is 2.78. The number of aromatic amines is 1. The van der Waals surface area contributed by atoms with Crippen LogP contribution in [0.4, 0.5) is 0 Å². The molecule has 0 radical (unpaired) electrons. The lowest BCUT2D eigenvalue weighted by atomic mass is 10.3. The molecular formula is C7H7NO2. The van der Waals surface area contributed by atoms with Crippen LogP contribution in [0, 0.1) is 0 Å². The van der Waals surface area contributed by atoms with Crippen LogP contribution in [0.3, 0.4) is 0 Å². The zero-order valence-corrected chi connectivity index (χ0v) is 5.29. The van der Waals surface area contributed by atoms with Crippen molar-refractivity contribution in [1.29, 1.82) is 0 Å². The number of nitrogens with one attached hydrogen (secondary N) is 1. The van der Waals surface area contributed by atoms with Crippen LogP contribution in [0.1, 0.15) is 5.56 Å². The molecule has 3 heteroatoms. The quantitative estimate of drug-likeness (QED) is 0.599. The minimum atomic E-state index is -0.481. The van der Waals surface area contributed by atoms with Crippen LogP contribution in [0.2, 0.25) is 0 Å². The fourth-order valence-electron chi connectivity index (χ4n) is 0.606. The molecule has 0 aliphatic rings. The van der Waals surface area contributed by atoms with Gasteiger partial charge in [-0.3, -0.25) is 4.79 Å². The van der Waals surface area contributed by atoms with E-state index in [1.807, 2.05) is 0 Å². The van der Waals surface area contributed by atoms with Gasteiger partial charge >= 0.3 is 0 Å². The van der Waals surface area contributed by atoms with Crippen LogP contribution in [0.25, 0.3) is 6.08 Å². The minimum absolute atomic E-state index is 0.280. The van der Waals surface area contributed by atoms with Crippen molar-refractivity contribution in [2.45, 2.75) is 0 Å². The second kappa shape index (κ2) is 2.39. The summed E-state index contributed by atoms with van der Waals surface area (Å²) in [5, 5.41) is 8.84. The molecule has 1 aromatic rings. The Balaban J connectivity index is 3.29. The van der Waals surface area contributed by atoms with E-state index in [0.717, 1.165) is 0 Å². The van der Waals surface area contributed by atoms with Gasteiger partial charge in [0.05, 0.1) is 0 Å². The normalized spacial score (nSPS) is 9.20. The average molecular weight is 137 g/mol. The van der Waals surface area contributed by atoms with Crippen molar-refractivity contribution in [2.24, 2.45) is 0 Å². The molecule has 0 bridgehead atoms. The summed E-state index contributed by atoms with van der Waals surface area (Å²) in [5.74, 6) is -0.280. The Morgan fingerprint density at radius 1 is 1.70 bits per heavy atom. The van der Waals surface area contributed by atoms with Gasteiger partial charge in [0.25, 0.3) is 5.56 Å². The first kappa shape index (κ1) is 6.61. The lowest BCUT2D eigenvalue weighted by molar-refractivity contribution is 0.466. The van der Waals surface area contributed by atoms with Crippen molar-refractivity contribution in [2.75, 3.05) is 0 Å². The first-order chi connectivity index (χ1) is 4.74. The van der Waals surface area contributed by atoms with E-state index in [9.17, 15) is 4.79 Å². The first-order valence-electron chi connectivity index (χ1n) is 2.78. The molecule has 0 atom stereocenters. The summed E-state index contributed by atoms with van der Waals surface area (Å²) >= 11 is 0. The maximum atomic E-state index is 10.5. The van der Waals surface area contributed by atoms with Crippen molar-refractivity contribution >= 4 is 6.08 Å².